The van der Waals surface area contributed by atoms with E-state index in [1.165, 1.54) is 38.5 Å². The topological polar surface area (TPSA) is 61.4 Å². The molecule has 0 aromatic carbocycles. The number of nitrogens with zero attached hydrogens (tertiary/aromatic N) is 1. The fourth-order valence-electron chi connectivity index (χ4n) is 3.40. The molecule has 0 aromatic heterocycles. The fraction of sp³-hybridized carbons (Fsp3) is 0.882. The van der Waals surface area contributed by atoms with E-state index in [0.29, 0.717) is 19.0 Å². The number of carbonyl (C=O) groups excluding carboxylic acids is 2. The van der Waals surface area contributed by atoms with Gasteiger partial charge >= 0.3 is 0 Å². The van der Waals surface area contributed by atoms with Gasteiger partial charge < -0.3 is 15.5 Å². The molecule has 0 bridgehead atoms. The van der Waals surface area contributed by atoms with E-state index in [2.05, 4.69) is 10.6 Å². The Morgan fingerprint density at radius 1 is 1.00 bits per heavy atom. The molecule has 2 aliphatic rings. The largest absolute Gasteiger partial charge is 0.353 e. The molecule has 2 fully saturated rings. The first-order chi connectivity index (χ1) is 10.8. The zero-order chi connectivity index (χ0) is 15.6. The maximum atomic E-state index is 11.9. The Morgan fingerprint density at radius 2 is 1.70 bits per heavy atom. The lowest BCUT2D eigenvalue weighted by Gasteiger charge is -2.20. The van der Waals surface area contributed by atoms with Gasteiger partial charge in [0.15, 0.2) is 0 Å². The summed E-state index contributed by atoms with van der Waals surface area (Å²) in [5.41, 5.74) is 0. The molecular weight excluding hydrogens is 314 g/mol. The van der Waals surface area contributed by atoms with E-state index < -0.39 is 0 Å². The molecule has 0 unspecified atom stereocenters. The molecule has 0 radical (unpaired) electrons. The van der Waals surface area contributed by atoms with Gasteiger partial charge in [-0.25, -0.2) is 0 Å². The van der Waals surface area contributed by atoms with Crippen LogP contribution in [0.2, 0.25) is 0 Å². The second-order valence-electron chi connectivity index (χ2n) is 6.62. The van der Waals surface area contributed by atoms with Crippen LogP contribution in [0.1, 0.15) is 64.2 Å². The van der Waals surface area contributed by atoms with Crippen molar-refractivity contribution in [3.8, 4) is 0 Å². The summed E-state index contributed by atoms with van der Waals surface area (Å²) in [6, 6.07) is 0.617. The molecule has 0 aromatic rings. The fourth-order valence-corrected chi connectivity index (χ4v) is 3.40. The summed E-state index contributed by atoms with van der Waals surface area (Å²) in [7, 11) is 0. The number of halogens is 1. The van der Waals surface area contributed by atoms with Gasteiger partial charge in [-0.3, -0.25) is 9.59 Å². The summed E-state index contributed by atoms with van der Waals surface area (Å²) in [6.07, 6.45) is 11.5. The lowest BCUT2D eigenvalue weighted by atomic mass is 10.1. The first-order valence-electron chi connectivity index (χ1n) is 9.03. The number of carbonyl (C=O) groups is 2. The number of amides is 2. The van der Waals surface area contributed by atoms with Crippen LogP contribution >= 0.6 is 12.4 Å². The molecule has 5 nitrogen and oxygen atoms in total. The molecule has 0 atom stereocenters. The normalized spacial score (nSPS) is 20.3. The lowest BCUT2D eigenvalue weighted by molar-refractivity contribution is -0.135. The van der Waals surface area contributed by atoms with Crippen molar-refractivity contribution in [3.05, 3.63) is 0 Å². The zero-order valence-corrected chi connectivity index (χ0v) is 15.0. The van der Waals surface area contributed by atoms with Crippen LogP contribution in [0.25, 0.3) is 0 Å². The number of likely N-dealkylation sites (tertiary alicyclic amines) is 1. The lowest BCUT2D eigenvalue weighted by Crippen LogP contribution is -2.43. The van der Waals surface area contributed by atoms with Crippen LogP contribution in [-0.2, 0) is 9.59 Å². The third-order valence-corrected chi connectivity index (χ3v) is 4.74. The van der Waals surface area contributed by atoms with Crippen LogP contribution in [0.4, 0.5) is 0 Å². The number of hydrogen-bond acceptors (Lipinski definition) is 3. The third kappa shape index (κ3) is 8.02. The Morgan fingerprint density at radius 3 is 2.43 bits per heavy atom. The van der Waals surface area contributed by atoms with Crippen LogP contribution in [0, 0.1) is 0 Å². The van der Waals surface area contributed by atoms with Gasteiger partial charge in [-0.2, -0.15) is 0 Å². The summed E-state index contributed by atoms with van der Waals surface area (Å²) in [6.45, 7) is 2.43. The quantitative estimate of drug-likeness (QED) is 0.573. The molecule has 1 aliphatic carbocycles. The number of nitrogens with one attached hydrogen (secondary N) is 2. The first kappa shape index (κ1) is 20.2. The summed E-state index contributed by atoms with van der Waals surface area (Å²) in [5.74, 6) is 0.0992. The van der Waals surface area contributed by atoms with Gasteiger partial charge in [0.25, 0.3) is 0 Å². The van der Waals surface area contributed by atoms with Crippen LogP contribution < -0.4 is 10.6 Å². The SMILES string of the molecule is Cl.O=C(CN1CCCCCC1=O)NCCNC1CCCCCC1. The predicted octanol–water partition coefficient (Wildman–Crippen LogP) is 2.24. The average molecular weight is 346 g/mol. The molecule has 2 rings (SSSR count). The van der Waals surface area contributed by atoms with E-state index in [-0.39, 0.29) is 30.8 Å². The zero-order valence-electron chi connectivity index (χ0n) is 14.1. The van der Waals surface area contributed by atoms with E-state index in [1.54, 1.807) is 4.90 Å². The molecule has 1 aliphatic heterocycles. The van der Waals surface area contributed by atoms with Gasteiger partial charge in [-0.15, -0.1) is 12.4 Å². The van der Waals surface area contributed by atoms with Crippen LogP contribution in [-0.4, -0.2) is 48.9 Å². The minimum absolute atomic E-state index is 0. The van der Waals surface area contributed by atoms with Crippen molar-refractivity contribution in [3.63, 3.8) is 0 Å². The van der Waals surface area contributed by atoms with Crippen molar-refractivity contribution in [2.24, 2.45) is 0 Å². The Labute approximate surface area is 146 Å². The molecule has 6 heteroatoms. The Hall–Kier alpha value is -0.810. The highest BCUT2D eigenvalue weighted by atomic mass is 35.5. The Kier molecular flexibility index (Phi) is 10.3. The van der Waals surface area contributed by atoms with Crippen molar-refractivity contribution < 1.29 is 9.59 Å². The standard InChI is InChI=1S/C17H31N3O2.ClH/c21-16(14-20-13-7-3-6-10-17(20)22)19-12-11-18-15-8-4-1-2-5-9-15;/h15,18H,1-14H2,(H,19,21);1H. The van der Waals surface area contributed by atoms with Crippen LogP contribution in [0.5, 0.6) is 0 Å². The molecule has 23 heavy (non-hydrogen) atoms. The van der Waals surface area contributed by atoms with Gasteiger partial charge in [0.05, 0.1) is 6.54 Å². The monoisotopic (exact) mass is 345 g/mol. The molecule has 134 valence electrons. The van der Waals surface area contributed by atoms with Crippen molar-refractivity contribution in [1.29, 1.82) is 0 Å². The van der Waals surface area contributed by atoms with Crippen molar-refractivity contribution in [2.75, 3.05) is 26.2 Å². The van der Waals surface area contributed by atoms with Crippen molar-refractivity contribution in [2.45, 2.75) is 70.3 Å². The highest BCUT2D eigenvalue weighted by Gasteiger charge is 2.19. The van der Waals surface area contributed by atoms with Gasteiger partial charge in [0.2, 0.25) is 11.8 Å². The number of rotatable bonds is 6. The molecule has 0 spiro atoms. The number of hydrogen-bond donors (Lipinski definition) is 2. The molecule has 2 N–H and O–H groups in total. The molecule has 1 saturated carbocycles. The summed E-state index contributed by atoms with van der Waals surface area (Å²) < 4.78 is 0. The van der Waals surface area contributed by atoms with Crippen molar-refractivity contribution in [1.82, 2.24) is 15.5 Å². The van der Waals surface area contributed by atoms with E-state index in [0.717, 1.165) is 32.4 Å². The van der Waals surface area contributed by atoms with Crippen LogP contribution in [0.3, 0.4) is 0 Å². The van der Waals surface area contributed by atoms with Gasteiger partial charge in [0.1, 0.15) is 0 Å². The van der Waals surface area contributed by atoms with Gasteiger partial charge in [-0.1, -0.05) is 32.1 Å². The third-order valence-electron chi connectivity index (χ3n) is 4.74. The summed E-state index contributed by atoms with van der Waals surface area (Å²) >= 11 is 0. The average Bonchev–Trinajstić information content (AvgIpc) is 2.88. The highest BCUT2D eigenvalue weighted by Crippen LogP contribution is 2.16. The van der Waals surface area contributed by atoms with Gasteiger partial charge in [0, 0.05) is 32.1 Å². The Balaban J connectivity index is 0.00000264. The molecule has 1 saturated heterocycles. The molecule has 2 amide bonds. The smallest absolute Gasteiger partial charge is 0.239 e. The highest BCUT2D eigenvalue weighted by molar-refractivity contribution is 5.85. The summed E-state index contributed by atoms with van der Waals surface area (Å²) in [5, 5.41) is 6.47. The molecule has 1 heterocycles. The maximum absolute atomic E-state index is 11.9. The van der Waals surface area contributed by atoms with Gasteiger partial charge in [-0.05, 0) is 25.7 Å². The second kappa shape index (κ2) is 11.7. The van der Waals surface area contributed by atoms with E-state index >= 15 is 0 Å². The summed E-state index contributed by atoms with van der Waals surface area (Å²) in [4.78, 5) is 25.5. The van der Waals surface area contributed by atoms with E-state index in [4.69, 9.17) is 0 Å². The predicted molar refractivity (Wildman–Crippen MR) is 94.8 cm³/mol. The molecular formula is C17H32ClN3O2. The minimum Gasteiger partial charge on any atom is -0.353 e. The minimum atomic E-state index is -0.0297. The van der Waals surface area contributed by atoms with E-state index in [9.17, 15) is 9.59 Å². The first-order valence-corrected chi connectivity index (χ1v) is 9.03. The Bertz CT molecular complexity index is 358. The maximum Gasteiger partial charge on any atom is 0.239 e. The van der Waals surface area contributed by atoms with E-state index in [1.807, 2.05) is 0 Å². The van der Waals surface area contributed by atoms with Crippen LogP contribution in [0.15, 0.2) is 0 Å². The van der Waals surface area contributed by atoms with Crippen molar-refractivity contribution >= 4 is 24.2 Å². The second-order valence-corrected chi connectivity index (χ2v) is 6.62.